The van der Waals surface area contributed by atoms with Crippen molar-refractivity contribution in [1.82, 2.24) is 0 Å². The molecule has 2 fully saturated rings. The molecule has 2 saturated carbocycles. The summed E-state index contributed by atoms with van der Waals surface area (Å²) in [5.74, 6) is 0.411. The largest absolute Gasteiger partial charge is 0.303 e. The van der Waals surface area contributed by atoms with Crippen molar-refractivity contribution < 1.29 is 4.79 Å². The summed E-state index contributed by atoms with van der Waals surface area (Å²) < 4.78 is 0. The van der Waals surface area contributed by atoms with Crippen LogP contribution in [0.25, 0.3) is 0 Å². The Morgan fingerprint density at radius 3 is 2.17 bits per heavy atom. The van der Waals surface area contributed by atoms with Crippen LogP contribution in [-0.2, 0) is 4.79 Å². The highest BCUT2D eigenvalue weighted by molar-refractivity contribution is 5.55. The Morgan fingerprint density at radius 2 is 1.58 bits per heavy atom. The third-order valence-electron chi connectivity index (χ3n) is 3.99. The molecule has 0 N–H and O–H groups in total. The normalized spacial score (nSPS) is 33.8. The van der Waals surface area contributed by atoms with Crippen LogP contribution in [0.4, 0.5) is 0 Å². The summed E-state index contributed by atoms with van der Waals surface area (Å²) >= 11 is 0. The van der Waals surface area contributed by atoms with Crippen molar-refractivity contribution in [3.05, 3.63) is 0 Å². The monoisotopic (exact) mass is 166 g/mol. The van der Waals surface area contributed by atoms with E-state index >= 15 is 0 Å². The first-order valence-corrected chi connectivity index (χ1v) is 5.33. The van der Waals surface area contributed by atoms with E-state index in [1.807, 2.05) is 0 Å². The fourth-order valence-corrected chi connectivity index (χ4v) is 3.25. The Labute approximate surface area is 74.5 Å². The van der Waals surface area contributed by atoms with Gasteiger partial charge >= 0.3 is 0 Å². The molecule has 1 atom stereocenters. The van der Waals surface area contributed by atoms with Crippen LogP contribution in [0.5, 0.6) is 0 Å². The van der Waals surface area contributed by atoms with E-state index < -0.39 is 0 Å². The fourth-order valence-electron chi connectivity index (χ4n) is 3.25. The fraction of sp³-hybridized carbons (Fsp3) is 0.909. The van der Waals surface area contributed by atoms with Crippen molar-refractivity contribution >= 4 is 6.29 Å². The lowest BCUT2D eigenvalue weighted by molar-refractivity contribution is -0.116. The van der Waals surface area contributed by atoms with Gasteiger partial charge < -0.3 is 4.79 Å². The average molecular weight is 166 g/mol. The Kier molecular flexibility index (Phi) is 2.20. The summed E-state index contributed by atoms with van der Waals surface area (Å²) in [7, 11) is 0. The van der Waals surface area contributed by atoms with Gasteiger partial charge in [-0.2, -0.15) is 0 Å². The molecular weight excluding hydrogens is 148 g/mol. The Bertz CT molecular complexity index is 168. The van der Waals surface area contributed by atoms with Gasteiger partial charge in [0.05, 0.1) is 0 Å². The van der Waals surface area contributed by atoms with E-state index in [-0.39, 0.29) is 0 Å². The van der Waals surface area contributed by atoms with Gasteiger partial charge in [0.25, 0.3) is 0 Å². The molecule has 0 radical (unpaired) electrons. The van der Waals surface area contributed by atoms with Crippen molar-refractivity contribution in [3.8, 4) is 0 Å². The number of hydrogen-bond acceptors (Lipinski definition) is 1. The molecule has 1 heteroatoms. The van der Waals surface area contributed by atoms with Crippen LogP contribution < -0.4 is 0 Å². The minimum atomic E-state index is 0.411. The Hall–Kier alpha value is -0.330. The minimum absolute atomic E-state index is 0.411. The van der Waals surface area contributed by atoms with Crippen LogP contribution in [0.2, 0.25) is 0 Å². The SMILES string of the molecule is O=CC1CCCCC12CCCC2. The molecule has 1 nitrogen and oxygen atoms in total. The van der Waals surface area contributed by atoms with E-state index in [0.29, 0.717) is 11.3 Å². The molecule has 0 aliphatic heterocycles. The number of rotatable bonds is 1. The smallest absolute Gasteiger partial charge is 0.123 e. The summed E-state index contributed by atoms with van der Waals surface area (Å²) in [5.41, 5.74) is 0.472. The Morgan fingerprint density at radius 1 is 1.00 bits per heavy atom. The van der Waals surface area contributed by atoms with Crippen LogP contribution in [0.3, 0.4) is 0 Å². The zero-order valence-corrected chi connectivity index (χ0v) is 7.72. The maximum atomic E-state index is 10.9. The van der Waals surface area contributed by atoms with Crippen LogP contribution in [-0.4, -0.2) is 6.29 Å². The van der Waals surface area contributed by atoms with Gasteiger partial charge in [-0.1, -0.05) is 25.7 Å². The van der Waals surface area contributed by atoms with Crippen molar-refractivity contribution in [1.29, 1.82) is 0 Å². The van der Waals surface area contributed by atoms with Gasteiger partial charge in [-0.3, -0.25) is 0 Å². The molecular formula is C11H18O. The predicted octanol–water partition coefficient (Wildman–Crippen LogP) is 2.94. The number of aldehydes is 1. The number of hydrogen-bond donors (Lipinski definition) is 0. The zero-order chi connectivity index (χ0) is 8.44. The molecule has 0 aromatic rings. The van der Waals surface area contributed by atoms with Crippen molar-refractivity contribution in [2.45, 2.75) is 51.4 Å². The quantitative estimate of drug-likeness (QED) is 0.547. The molecule has 2 aliphatic rings. The maximum Gasteiger partial charge on any atom is 0.123 e. The number of carbonyl (C=O) groups excluding carboxylic acids is 1. The first kappa shape index (κ1) is 8.28. The van der Waals surface area contributed by atoms with Crippen LogP contribution in [0, 0.1) is 11.3 Å². The molecule has 1 spiro atoms. The molecule has 0 aromatic heterocycles. The first-order valence-electron chi connectivity index (χ1n) is 5.33. The third kappa shape index (κ3) is 1.19. The number of carbonyl (C=O) groups is 1. The van der Waals surface area contributed by atoms with Gasteiger partial charge in [0.15, 0.2) is 0 Å². The van der Waals surface area contributed by atoms with Crippen LogP contribution >= 0.6 is 0 Å². The summed E-state index contributed by atoms with van der Waals surface area (Å²) in [6.07, 6.45) is 11.8. The van der Waals surface area contributed by atoms with Crippen molar-refractivity contribution in [2.24, 2.45) is 11.3 Å². The lowest BCUT2D eigenvalue weighted by Crippen LogP contribution is -2.31. The van der Waals surface area contributed by atoms with E-state index in [1.165, 1.54) is 57.7 Å². The second kappa shape index (κ2) is 3.20. The highest BCUT2D eigenvalue weighted by Gasteiger charge is 2.42. The minimum Gasteiger partial charge on any atom is -0.303 e. The van der Waals surface area contributed by atoms with E-state index in [2.05, 4.69) is 0 Å². The molecule has 0 saturated heterocycles. The summed E-state index contributed by atoms with van der Waals surface area (Å²) in [6.45, 7) is 0. The second-order valence-corrected chi connectivity index (χ2v) is 4.56. The zero-order valence-electron chi connectivity index (χ0n) is 7.72. The molecule has 1 unspecified atom stereocenters. The second-order valence-electron chi connectivity index (χ2n) is 4.56. The summed E-state index contributed by atoms with van der Waals surface area (Å²) in [6, 6.07) is 0. The lowest BCUT2D eigenvalue weighted by atomic mass is 9.66. The van der Waals surface area contributed by atoms with E-state index in [9.17, 15) is 4.79 Å². The molecule has 12 heavy (non-hydrogen) atoms. The van der Waals surface area contributed by atoms with Gasteiger partial charge in [-0.05, 0) is 31.1 Å². The molecule has 0 amide bonds. The van der Waals surface area contributed by atoms with E-state index in [1.54, 1.807) is 0 Å². The molecule has 0 aromatic carbocycles. The van der Waals surface area contributed by atoms with Crippen molar-refractivity contribution in [2.75, 3.05) is 0 Å². The molecule has 0 heterocycles. The molecule has 2 aliphatic carbocycles. The van der Waals surface area contributed by atoms with Gasteiger partial charge in [-0.15, -0.1) is 0 Å². The standard InChI is InChI=1S/C11H18O/c12-9-10-5-1-2-6-11(10)7-3-4-8-11/h9-10H,1-8H2. The van der Waals surface area contributed by atoms with Gasteiger partial charge in [0, 0.05) is 5.92 Å². The average Bonchev–Trinajstić information content (AvgIpc) is 2.55. The Balaban J connectivity index is 2.12. The van der Waals surface area contributed by atoms with Gasteiger partial charge in [-0.25, -0.2) is 0 Å². The van der Waals surface area contributed by atoms with E-state index in [4.69, 9.17) is 0 Å². The van der Waals surface area contributed by atoms with Crippen molar-refractivity contribution in [3.63, 3.8) is 0 Å². The first-order chi connectivity index (χ1) is 5.87. The summed E-state index contributed by atoms with van der Waals surface area (Å²) in [5, 5.41) is 0. The predicted molar refractivity (Wildman–Crippen MR) is 48.9 cm³/mol. The molecule has 0 bridgehead atoms. The topological polar surface area (TPSA) is 17.1 Å². The van der Waals surface area contributed by atoms with E-state index in [0.717, 1.165) is 0 Å². The highest BCUT2D eigenvalue weighted by Crippen LogP contribution is 2.51. The molecule has 2 rings (SSSR count). The maximum absolute atomic E-state index is 10.9. The molecule has 68 valence electrons. The van der Waals surface area contributed by atoms with Crippen LogP contribution in [0.15, 0.2) is 0 Å². The lowest BCUT2D eigenvalue weighted by Gasteiger charge is -2.38. The third-order valence-corrected chi connectivity index (χ3v) is 3.99. The summed E-state index contributed by atoms with van der Waals surface area (Å²) in [4.78, 5) is 10.9. The van der Waals surface area contributed by atoms with Gasteiger partial charge in [0.2, 0.25) is 0 Å². The van der Waals surface area contributed by atoms with Crippen LogP contribution in [0.1, 0.15) is 51.4 Å². The van der Waals surface area contributed by atoms with Gasteiger partial charge in [0.1, 0.15) is 6.29 Å². The highest BCUT2D eigenvalue weighted by atomic mass is 16.1.